The van der Waals surface area contributed by atoms with Crippen molar-refractivity contribution in [2.24, 2.45) is 5.92 Å². The summed E-state index contributed by atoms with van der Waals surface area (Å²) in [5.74, 6) is 0.00149. The summed E-state index contributed by atoms with van der Waals surface area (Å²) in [6, 6.07) is 4.39. The molecule has 0 aromatic heterocycles. The van der Waals surface area contributed by atoms with Crippen LogP contribution in [0.25, 0.3) is 0 Å². The van der Waals surface area contributed by atoms with Gasteiger partial charge in [-0.05, 0) is 43.4 Å². The van der Waals surface area contributed by atoms with Crippen molar-refractivity contribution in [2.45, 2.75) is 52.0 Å². The molecule has 0 saturated heterocycles. The molecule has 1 aromatic carbocycles. The van der Waals surface area contributed by atoms with Crippen molar-refractivity contribution in [3.05, 3.63) is 29.6 Å². The Morgan fingerprint density at radius 2 is 2.00 bits per heavy atom. The van der Waals surface area contributed by atoms with E-state index in [2.05, 4.69) is 13.8 Å². The Labute approximate surface area is 126 Å². The number of nitrogen functional groups attached to an aromatic ring is 1. The molecule has 0 radical (unpaired) electrons. The number of carbonyl (C=O) groups is 1. The zero-order chi connectivity index (χ0) is 15.4. The Morgan fingerprint density at radius 1 is 1.33 bits per heavy atom. The third kappa shape index (κ3) is 4.19. The number of hydrogen-bond acceptors (Lipinski definition) is 2. The molecule has 2 N–H and O–H groups in total. The maximum absolute atomic E-state index is 13.5. The van der Waals surface area contributed by atoms with Crippen LogP contribution >= 0.6 is 0 Å². The summed E-state index contributed by atoms with van der Waals surface area (Å²) in [6.45, 7) is 5.03. The molecule has 1 aliphatic rings. The topological polar surface area (TPSA) is 46.3 Å². The predicted octanol–water partition coefficient (Wildman–Crippen LogP) is 3.84. The molecule has 21 heavy (non-hydrogen) atoms. The number of benzene rings is 1. The highest BCUT2D eigenvalue weighted by Gasteiger charge is 2.27. The molecule has 3 nitrogen and oxygen atoms in total. The number of amides is 1. The minimum atomic E-state index is -0.450. The smallest absolute Gasteiger partial charge is 0.254 e. The van der Waals surface area contributed by atoms with Gasteiger partial charge < -0.3 is 10.6 Å². The molecule has 0 bridgehead atoms. The Hall–Kier alpha value is -1.58. The molecular formula is C17H25FN2O. The molecule has 1 aromatic rings. The van der Waals surface area contributed by atoms with Crippen LogP contribution < -0.4 is 5.73 Å². The Kier molecular flexibility index (Phi) is 5.21. The minimum Gasteiger partial charge on any atom is -0.399 e. The van der Waals surface area contributed by atoms with Gasteiger partial charge in [0.25, 0.3) is 5.91 Å². The van der Waals surface area contributed by atoms with Crippen molar-refractivity contribution in [3.63, 3.8) is 0 Å². The second-order valence-corrected chi connectivity index (χ2v) is 6.39. The zero-order valence-electron chi connectivity index (χ0n) is 12.9. The summed E-state index contributed by atoms with van der Waals surface area (Å²) in [5, 5.41) is 0. The predicted molar refractivity (Wildman–Crippen MR) is 83.6 cm³/mol. The normalized spacial score (nSPS) is 15.6. The first-order chi connectivity index (χ1) is 9.97. The second-order valence-electron chi connectivity index (χ2n) is 6.39. The fraction of sp³-hybridized carbons (Fsp3) is 0.588. The molecule has 0 atom stereocenters. The van der Waals surface area contributed by atoms with Crippen molar-refractivity contribution in [1.82, 2.24) is 4.90 Å². The van der Waals surface area contributed by atoms with E-state index >= 15 is 0 Å². The van der Waals surface area contributed by atoms with Gasteiger partial charge in [-0.2, -0.15) is 0 Å². The van der Waals surface area contributed by atoms with Crippen molar-refractivity contribution in [3.8, 4) is 0 Å². The first-order valence-corrected chi connectivity index (χ1v) is 7.84. The van der Waals surface area contributed by atoms with E-state index in [1.807, 2.05) is 4.90 Å². The van der Waals surface area contributed by atoms with Gasteiger partial charge in [-0.3, -0.25) is 4.79 Å². The van der Waals surface area contributed by atoms with E-state index in [4.69, 9.17) is 5.73 Å². The SMILES string of the molecule is CC(C)CCN(C(=O)c1cc(N)cc(F)c1)C1CCCC1. The van der Waals surface area contributed by atoms with E-state index in [1.165, 1.54) is 25.0 Å². The molecule has 0 aliphatic heterocycles. The maximum Gasteiger partial charge on any atom is 0.254 e. The number of hydrogen-bond donors (Lipinski definition) is 1. The number of anilines is 1. The molecule has 1 aliphatic carbocycles. The van der Waals surface area contributed by atoms with Crippen LogP contribution in [0.1, 0.15) is 56.3 Å². The zero-order valence-corrected chi connectivity index (χ0v) is 12.9. The molecular weight excluding hydrogens is 267 g/mol. The standard InChI is InChI=1S/C17H25FN2O/c1-12(2)7-8-20(16-5-3-4-6-16)17(21)13-9-14(18)11-15(19)10-13/h9-12,16H,3-8,19H2,1-2H3. The number of carbonyl (C=O) groups excluding carboxylic acids is 1. The summed E-state index contributed by atoms with van der Waals surface area (Å²) in [6.07, 6.45) is 5.40. The van der Waals surface area contributed by atoms with Crippen molar-refractivity contribution < 1.29 is 9.18 Å². The van der Waals surface area contributed by atoms with Gasteiger partial charge in [-0.25, -0.2) is 4.39 Å². The largest absolute Gasteiger partial charge is 0.399 e. The highest BCUT2D eigenvalue weighted by molar-refractivity contribution is 5.95. The van der Waals surface area contributed by atoms with E-state index in [-0.39, 0.29) is 5.91 Å². The summed E-state index contributed by atoms with van der Waals surface area (Å²) >= 11 is 0. The Morgan fingerprint density at radius 3 is 2.57 bits per heavy atom. The summed E-state index contributed by atoms with van der Waals surface area (Å²) in [7, 11) is 0. The third-order valence-corrected chi connectivity index (χ3v) is 4.14. The maximum atomic E-state index is 13.5. The number of rotatable bonds is 5. The first kappa shape index (κ1) is 15.8. The fourth-order valence-corrected chi connectivity index (χ4v) is 2.96. The average Bonchev–Trinajstić information content (AvgIpc) is 2.91. The van der Waals surface area contributed by atoms with Gasteiger partial charge in [0.15, 0.2) is 0 Å². The molecule has 2 rings (SSSR count). The van der Waals surface area contributed by atoms with Crippen molar-refractivity contribution >= 4 is 11.6 Å². The van der Waals surface area contributed by atoms with Crippen molar-refractivity contribution in [1.29, 1.82) is 0 Å². The molecule has 0 spiro atoms. The van der Waals surface area contributed by atoms with Crippen LogP contribution in [0.15, 0.2) is 18.2 Å². The highest BCUT2D eigenvalue weighted by Crippen LogP contribution is 2.26. The minimum absolute atomic E-state index is 0.0891. The third-order valence-electron chi connectivity index (χ3n) is 4.14. The number of halogens is 1. The van der Waals surface area contributed by atoms with Gasteiger partial charge in [0.05, 0.1) is 0 Å². The van der Waals surface area contributed by atoms with E-state index in [1.54, 1.807) is 6.07 Å². The van der Waals surface area contributed by atoms with Crippen LogP contribution in [0.2, 0.25) is 0 Å². The van der Waals surface area contributed by atoms with E-state index in [0.717, 1.165) is 25.8 Å². The Balaban J connectivity index is 2.19. The van der Waals surface area contributed by atoms with Gasteiger partial charge >= 0.3 is 0 Å². The van der Waals surface area contributed by atoms with Crippen LogP contribution in [0.5, 0.6) is 0 Å². The van der Waals surface area contributed by atoms with E-state index in [9.17, 15) is 9.18 Å². The van der Waals surface area contributed by atoms with Crippen LogP contribution in [0, 0.1) is 11.7 Å². The lowest BCUT2D eigenvalue weighted by molar-refractivity contribution is 0.0671. The molecule has 4 heteroatoms. The van der Waals surface area contributed by atoms with E-state index < -0.39 is 5.82 Å². The molecule has 1 amide bonds. The van der Waals surface area contributed by atoms with Gasteiger partial charge in [0.2, 0.25) is 0 Å². The fourth-order valence-electron chi connectivity index (χ4n) is 2.96. The van der Waals surface area contributed by atoms with E-state index in [0.29, 0.717) is 23.2 Å². The van der Waals surface area contributed by atoms with Crippen LogP contribution in [0.3, 0.4) is 0 Å². The second kappa shape index (κ2) is 6.92. The lowest BCUT2D eigenvalue weighted by Crippen LogP contribution is -2.40. The highest BCUT2D eigenvalue weighted by atomic mass is 19.1. The van der Waals surface area contributed by atoms with Gasteiger partial charge in [-0.15, -0.1) is 0 Å². The summed E-state index contributed by atoms with van der Waals surface area (Å²) < 4.78 is 13.5. The number of nitrogens with zero attached hydrogens (tertiary/aromatic N) is 1. The molecule has 0 heterocycles. The van der Waals surface area contributed by atoms with Crippen LogP contribution in [0.4, 0.5) is 10.1 Å². The van der Waals surface area contributed by atoms with Gasteiger partial charge in [0.1, 0.15) is 5.82 Å². The monoisotopic (exact) mass is 292 g/mol. The van der Waals surface area contributed by atoms with Crippen molar-refractivity contribution in [2.75, 3.05) is 12.3 Å². The average molecular weight is 292 g/mol. The quantitative estimate of drug-likeness (QED) is 0.838. The number of nitrogens with two attached hydrogens (primary N) is 1. The molecule has 1 fully saturated rings. The lowest BCUT2D eigenvalue weighted by Gasteiger charge is -2.30. The summed E-state index contributed by atoms with van der Waals surface area (Å²) in [4.78, 5) is 14.7. The lowest BCUT2D eigenvalue weighted by atomic mass is 10.1. The van der Waals surface area contributed by atoms with Crippen LogP contribution in [-0.4, -0.2) is 23.4 Å². The molecule has 0 unspecified atom stereocenters. The molecule has 1 saturated carbocycles. The van der Waals surface area contributed by atoms with Gasteiger partial charge in [-0.1, -0.05) is 26.7 Å². The first-order valence-electron chi connectivity index (χ1n) is 7.84. The van der Waals surface area contributed by atoms with Gasteiger partial charge in [0, 0.05) is 23.8 Å². The Bertz CT molecular complexity index is 475. The van der Waals surface area contributed by atoms with Crippen LogP contribution in [-0.2, 0) is 0 Å². The molecule has 116 valence electrons. The summed E-state index contributed by atoms with van der Waals surface area (Å²) in [5.41, 5.74) is 6.33.